The highest BCUT2D eigenvalue weighted by Crippen LogP contribution is 2.42. The second-order valence-corrected chi connectivity index (χ2v) is 14.7. The maximum absolute atomic E-state index is 14.1. The number of aliphatic carboxylic acids is 1. The van der Waals surface area contributed by atoms with Gasteiger partial charge in [-0.05, 0) is 77.9 Å². The fraction of sp³-hybridized carbons (Fsp3) is 0.173. The lowest BCUT2D eigenvalue weighted by atomic mass is 9.97. The normalized spacial score (nSPS) is 17.9. The summed E-state index contributed by atoms with van der Waals surface area (Å²) in [7, 11) is 2.70. The Balaban J connectivity index is 1.34. The molecule has 336 valence electrons. The Morgan fingerprint density at radius 1 is 0.545 bits per heavy atom. The van der Waals surface area contributed by atoms with Crippen LogP contribution in [0.1, 0.15) is 52.6 Å². The van der Waals surface area contributed by atoms with Gasteiger partial charge in [0.05, 0.1) is 36.5 Å². The first-order valence-electron chi connectivity index (χ1n) is 20.7. The number of benzene rings is 6. The van der Waals surface area contributed by atoms with Crippen LogP contribution in [0.25, 0.3) is 6.08 Å². The van der Waals surface area contributed by atoms with Gasteiger partial charge in [0, 0.05) is 12.0 Å². The summed E-state index contributed by atoms with van der Waals surface area (Å²) in [6.07, 6.45) is -6.66. The van der Waals surface area contributed by atoms with Crippen molar-refractivity contribution < 1.29 is 67.0 Å². The van der Waals surface area contributed by atoms with Crippen LogP contribution >= 0.6 is 0 Å². The fourth-order valence-electron chi connectivity index (χ4n) is 7.04. The van der Waals surface area contributed by atoms with Crippen molar-refractivity contribution >= 4 is 35.9 Å². The van der Waals surface area contributed by atoms with Crippen LogP contribution in [0.15, 0.2) is 169 Å². The molecule has 0 amide bonds. The predicted molar refractivity (Wildman–Crippen MR) is 238 cm³/mol. The summed E-state index contributed by atoms with van der Waals surface area (Å²) in [5.41, 5.74) is 1.75. The maximum Gasteiger partial charge on any atom is 0.338 e. The molecule has 0 bridgehead atoms. The van der Waals surface area contributed by atoms with Gasteiger partial charge in [0.1, 0.15) is 12.7 Å². The molecule has 14 heteroatoms. The van der Waals surface area contributed by atoms with Gasteiger partial charge in [0.25, 0.3) is 0 Å². The minimum absolute atomic E-state index is 0.0318. The Hall–Kier alpha value is -8.23. The van der Waals surface area contributed by atoms with Gasteiger partial charge in [-0.15, -0.1) is 0 Å². The smallest absolute Gasteiger partial charge is 0.338 e. The maximum atomic E-state index is 14.1. The number of hydrogen-bond acceptors (Lipinski definition) is 13. The van der Waals surface area contributed by atoms with Crippen LogP contribution in [-0.4, -0.2) is 86.5 Å². The van der Waals surface area contributed by atoms with E-state index < -0.39 is 67.2 Å². The number of ether oxygens (including phenoxy) is 8. The molecule has 1 aliphatic rings. The summed E-state index contributed by atoms with van der Waals surface area (Å²) >= 11 is 0. The molecule has 5 atom stereocenters. The number of carboxylic acid groups (broad SMARTS) is 1. The Bertz CT molecular complexity index is 2610. The molecule has 1 aliphatic heterocycles. The van der Waals surface area contributed by atoms with Crippen LogP contribution in [0.3, 0.4) is 0 Å². The van der Waals surface area contributed by atoms with E-state index in [1.165, 1.54) is 68.8 Å². The topological polar surface area (TPSA) is 179 Å². The van der Waals surface area contributed by atoms with Crippen molar-refractivity contribution in [1.29, 1.82) is 0 Å². The lowest BCUT2D eigenvalue weighted by Gasteiger charge is -2.44. The van der Waals surface area contributed by atoms with Gasteiger partial charge in [-0.3, -0.25) is 0 Å². The molecule has 1 fully saturated rings. The van der Waals surface area contributed by atoms with Gasteiger partial charge in [0.15, 0.2) is 23.7 Å². The summed E-state index contributed by atoms with van der Waals surface area (Å²) < 4.78 is 48.9. The molecule has 1 saturated heterocycles. The Morgan fingerprint density at radius 3 is 1.39 bits per heavy atom. The average Bonchev–Trinajstić information content (AvgIpc) is 3.36. The molecule has 7 rings (SSSR count). The highest BCUT2D eigenvalue weighted by molar-refractivity contribution is 5.93. The van der Waals surface area contributed by atoms with Crippen LogP contribution in [-0.2, 0) is 34.9 Å². The SMILES string of the molecule is COc1cc(C=C(Cc2ccccc2)C(=O)O)cc(OC)c1O[C@@H]1O[C@H](COC(=O)c2ccccc2)[C@H](OC(=O)c2ccccc2)[C@H](OC(=O)c2ccccc2)[C@H]1OC(=O)c1ccccc1. The van der Waals surface area contributed by atoms with Crippen LogP contribution in [0.2, 0.25) is 0 Å². The number of carbonyl (C=O) groups excluding carboxylic acids is 4. The summed E-state index contributed by atoms with van der Waals surface area (Å²) in [4.78, 5) is 67.9. The van der Waals surface area contributed by atoms with Crippen molar-refractivity contribution in [3.8, 4) is 17.2 Å². The molecule has 66 heavy (non-hydrogen) atoms. The van der Waals surface area contributed by atoms with E-state index in [2.05, 4.69) is 0 Å². The third-order valence-electron chi connectivity index (χ3n) is 10.3. The Morgan fingerprint density at radius 2 is 0.955 bits per heavy atom. The monoisotopic (exact) mass is 892 g/mol. The highest BCUT2D eigenvalue weighted by atomic mass is 16.7. The van der Waals surface area contributed by atoms with E-state index in [0.29, 0.717) is 5.56 Å². The fourth-order valence-corrected chi connectivity index (χ4v) is 7.04. The minimum Gasteiger partial charge on any atom is -0.493 e. The molecule has 6 aromatic carbocycles. The number of carboxylic acids is 1. The second-order valence-electron chi connectivity index (χ2n) is 14.7. The summed E-state index contributed by atoms with van der Waals surface area (Å²) in [6, 6.07) is 44.1. The van der Waals surface area contributed by atoms with Crippen LogP contribution < -0.4 is 14.2 Å². The highest BCUT2D eigenvalue weighted by Gasteiger charge is 2.54. The quantitative estimate of drug-likeness (QED) is 0.0528. The van der Waals surface area contributed by atoms with Crippen LogP contribution in [0, 0.1) is 0 Å². The molecule has 0 aromatic heterocycles. The first-order chi connectivity index (χ1) is 32.1. The van der Waals surface area contributed by atoms with E-state index in [1.54, 1.807) is 84.9 Å². The standard InChI is InChI=1S/C52H44O14/c1-59-40-30-34(29-39(47(53)54)28-33-18-8-3-9-19-33)31-41(60-2)43(40)66-52-46(65-51(58)38-26-16-7-17-27-38)45(64-50(57)37-24-14-6-15-25-37)44(63-49(56)36-22-12-5-13-23-36)42(62-52)32-61-48(55)35-20-10-4-11-21-35/h3-27,29-31,42,44-46,52H,28,32H2,1-2H3,(H,53,54)/t42-,44+,45+,46-,52+/m1/s1. The first kappa shape index (κ1) is 45.8. The third-order valence-corrected chi connectivity index (χ3v) is 10.3. The predicted octanol–water partition coefficient (Wildman–Crippen LogP) is 8.05. The molecular formula is C52H44O14. The van der Waals surface area contributed by atoms with Crippen LogP contribution in [0.4, 0.5) is 0 Å². The number of methoxy groups -OCH3 is 2. The van der Waals surface area contributed by atoms with E-state index in [0.717, 1.165) is 5.56 Å². The Labute approximate surface area is 379 Å². The van der Waals surface area contributed by atoms with E-state index >= 15 is 0 Å². The van der Waals surface area contributed by atoms with E-state index in [9.17, 15) is 29.1 Å². The average molecular weight is 893 g/mol. The zero-order valence-corrected chi connectivity index (χ0v) is 35.7. The Kier molecular flexibility index (Phi) is 15.2. The summed E-state index contributed by atoms with van der Waals surface area (Å²) in [5, 5.41) is 10.2. The molecule has 0 spiro atoms. The van der Waals surface area contributed by atoms with Gasteiger partial charge in [-0.25, -0.2) is 24.0 Å². The third kappa shape index (κ3) is 11.5. The summed E-state index contributed by atoms with van der Waals surface area (Å²) in [5.74, 6) is -4.58. The van der Waals surface area contributed by atoms with Gasteiger partial charge >= 0.3 is 29.8 Å². The van der Waals surface area contributed by atoms with Crippen molar-refractivity contribution in [3.05, 3.63) is 203 Å². The molecule has 0 saturated carbocycles. The van der Waals surface area contributed by atoms with Crippen molar-refractivity contribution in [1.82, 2.24) is 0 Å². The lowest BCUT2D eigenvalue weighted by molar-refractivity contribution is -0.275. The minimum atomic E-state index is -1.74. The molecule has 1 heterocycles. The summed E-state index contributed by atoms with van der Waals surface area (Å²) in [6.45, 7) is -0.587. The van der Waals surface area contributed by atoms with E-state index in [4.69, 9.17) is 37.9 Å². The zero-order valence-electron chi connectivity index (χ0n) is 35.7. The van der Waals surface area contributed by atoms with E-state index in [1.807, 2.05) is 30.3 Å². The number of rotatable bonds is 17. The van der Waals surface area contributed by atoms with Gasteiger partial charge in [0.2, 0.25) is 18.1 Å². The van der Waals surface area contributed by atoms with Crippen molar-refractivity contribution in [2.24, 2.45) is 0 Å². The van der Waals surface area contributed by atoms with E-state index in [-0.39, 0.29) is 51.5 Å². The largest absolute Gasteiger partial charge is 0.493 e. The molecule has 1 N–H and O–H groups in total. The van der Waals surface area contributed by atoms with Crippen molar-refractivity contribution in [3.63, 3.8) is 0 Å². The molecule has 6 aromatic rings. The molecule has 14 nitrogen and oxygen atoms in total. The molecular weight excluding hydrogens is 849 g/mol. The van der Waals surface area contributed by atoms with Crippen molar-refractivity contribution in [2.75, 3.05) is 20.8 Å². The number of esters is 4. The number of carbonyl (C=O) groups is 5. The van der Waals surface area contributed by atoms with Gasteiger partial charge in [-0.1, -0.05) is 103 Å². The van der Waals surface area contributed by atoms with Gasteiger partial charge < -0.3 is 43.0 Å². The van der Waals surface area contributed by atoms with Gasteiger partial charge in [-0.2, -0.15) is 0 Å². The molecule has 0 unspecified atom stereocenters. The van der Waals surface area contributed by atoms with Crippen LogP contribution in [0.5, 0.6) is 17.2 Å². The molecule has 0 radical (unpaired) electrons. The first-order valence-corrected chi connectivity index (χ1v) is 20.7. The molecule has 0 aliphatic carbocycles. The lowest BCUT2D eigenvalue weighted by Crippen LogP contribution is -2.64. The van der Waals surface area contributed by atoms with Crippen molar-refractivity contribution in [2.45, 2.75) is 37.1 Å². The zero-order chi connectivity index (χ0) is 46.4. The number of hydrogen-bond donors (Lipinski definition) is 1. The second kappa shape index (κ2) is 21.9.